The Morgan fingerprint density at radius 3 is 2.92 bits per heavy atom. The summed E-state index contributed by atoms with van der Waals surface area (Å²) in [6.45, 7) is 1.31. The first-order valence-electron chi connectivity index (χ1n) is 8.72. The lowest BCUT2D eigenvalue weighted by molar-refractivity contribution is -0.0246. The van der Waals surface area contributed by atoms with Gasteiger partial charge in [0.1, 0.15) is 16.8 Å². The summed E-state index contributed by atoms with van der Waals surface area (Å²) in [7, 11) is 0. The fourth-order valence-corrected chi connectivity index (χ4v) is 4.01. The molecule has 134 valence electrons. The van der Waals surface area contributed by atoms with E-state index >= 15 is 0 Å². The third-order valence-corrected chi connectivity index (χ3v) is 5.42. The van der Waals surface area contributed by atoms with E-state index < -0.39 is 0 Å². The average molecular weight is 368 g/mol. The van der Waals surface area contributed by atoms with Gasteiger partial charge in [-0.15, -0.1) is 11.3 Å². The Morgan fingerprint density at radius 1 is 1.23 bits per heavy atom. The number of furan rings is 1. The maximum Gasteiger partial charge on any atom is 0.178 e. The van der Waals surface area contributed by atoms with Gasteiger partial charge < -0.3 is 9.15 Å². The maximum absolute atomic E-state index is 13.0. The van der Waals surface area contributed by atoms with E-state index in [1.165, 1.54) is 16.9 Å². The highest BCUT2D eigenvalue weighted by atomic mass is 32.1. The molecule has 1 saturated heterocycles. The van der Waals surface area contributed by atoms with Crippen molar-refractivity contribution in [1.29, 1.82) is 0 Å². The Kier molecular flexibility index (Phi) is 5.24. The Balaban J connectivity index is 1.42. The van der Waals surface area contributed by atoms with Crippen LogP contribution in [0.5, 0.6) is 0 Å². The van der Waals surface area contributed by atoms with E-state index in [1.54, 1.807) is 17.8 Å². The molecular formula is C20H20N2O3S. The van der Waals surface area contributed by atoms with Crippen molar-refractivity contribution in [2.24, 2.45) is 5.92 Å². The number of aromatic nitrogens is 1. The van der Waals surface area contributed by atoms with E-state index in [0.29, 0.717) is 29.4 Å². The number of benzene rings is 1. The van der Waals surface area contributed by atoms with Crippen molar-refractivity contribution >= 4 is 17.1 Å². The number of nitrogens with zero attached hydrogens (tertiary/aromatic N) is 1. The second-order valence-electron chi connectivity index (χ2n) is 6.32. The van der Waals surface area contributed by atoms with Crippen molar-refractivity contribution in [3.63, 3.8) is 0 Å². The third kappa shape index (κ3) is 3.77. The molecule has 2 unspecified atom stereocenters. The largest absolute Gasteiger partial charge is 0.463 e. The summed E-state index contributed by atoms with van der Waals surface area (Å²) < 4.78 is 11.2. The minimum Gasteiger partial charge on any atom is -0.463 e. The van der Waals surface area contributed by atoms with Crippen molar-refractivity contribution in [2.75, 3.05) is 6.61 Å². The third-order valence-electron chi connectivity index (χ3n) is 4.58. The first kappa shape index (κ1) is 17.1. The second kappa shape index (κ2) is 7.95. The monoisotopic (exact) mass is 368 g/mol. The predicted octanol–water partition coefficient (Wildman–Crippen LogP) is 4.13. The highest BCUT2D eigenvalue weighted by molar-refractivity contribution is 7.12. The molecule has 0 radical (unpaired) electrons. The molecule has 4 rings (SSSR count). The van der Waals surface area contributed by atoms with E-state index in [2.05, 4.69) is 22.4 Å². The van der Waals surface area contributed by atoms with Crippen LogP contribution >= 0.6 is 11.3 Å². The van der Waals surface area contributed by atoms with Gasteiger partial charge in [-0.05, 0) is 30.5 Å². The zero-order valence-corrected chi connectivity index (χ0v) is 15.1. The van der Waals surface area contributed by atoms with Gasteiger partial charge in [0.15, 0.2) is 11.5 Å². The van der Waals surface area contributed by atoms with Crippen LogP contribution in [0.15, 0.2) is 58.7 Å². The molecule has 0 spiro atoms. The topological polar surface area (TPSA) is 64.4 Å². The zero-order chi connectivity index (χ0) is 17.8. The van der Waals surface area contributed by atoms with Gasteiger partial charge in [-0.25, -0.2) is 4.98 Å². The van der Waals surface area contributed by atoms with Crippen LogP contribution in [0.4, 0.5) is 0 Å². The summed E-state index contributed by atoms with van der Waals surface area (Å²) >= 11 is 1.38. The molecule has 5 nitrogen and oxygen atoms in total. The van der Waals surface area contributed by atoms with Crippen LogP contribution in [0.2, 0.25) is 0 Å². The molecule has 2 aromatic heterocycles. The van der Waals surface area contributed by atoms with Crippen LogP contribution < -0.4 is 5.32 Å². The van der Waals surface area contributed by atoms with Gasteiger partial charge in [0, 0.05) is 19.1 Å². The highest BCUT2D eigenvalue weighted by Gasteiger charge is 2.31. The summed E-state index contributed by atoms with van der Waals surface area (Å²) in [6, 6.07) is 13.8. The van der Waals surface area contributed by atoms with Crippen LogP contribution in [0.1, 0.15) is 28.1 Å². The fraction of sp³-hybridized carbons (Fsp3) is 0.300. The van der Waals surface area contributed by atoms with Gasteiger partial charge in [0.05, 0.1) is 11.8 Å². The fourth-order valence-electron chi connectivity index (χ4n) is 3.20. The first-order valence-corrected chi connectivity index (χ1v) is 9.59. The Bertz CT molecular complexity index is 845. The number of hydrogen-bond donors (Lipinski definition) is 1. The van der Waals surface area contributed by atoms with Crippen LogP contribution in [0.3, 0.4) is 0 Å². The first-order chi connectivity index (χ1) is 12.8. The van der Waals surface area contributed by atoms with Gasteiger partial charge in [-0.1, -0.05) is 30.3 Å². The number of ether oxygens (including phenoxy) is 1. The number of nitrogens with one attached hydrogen (secondary N) is 1. The number of rotatable bonds is 6. The predicted molar refractivity (Wildman–Crippen MR) is 99.9 cm³/mol. The van der Waals surface area contributed by atoms with Gasteiger partial charge in [0.2, 0.25) is 0 Å². The van der Waals surface area contributed by atoms with E-state index in [4.69, 9.17) is 9.15 Å². The average Bonchev–Trinajstić information content (AvgIpc) is 3.38. The molecule has 3 aromatic rings. The Labute approximate surface area is 156 Å². The number of ketones is 1. The van der Waals surface area contributed by atoms with E-state index in [1.807, 2.05) is 24.3 Å². The van der Waals surface area contributed by atoms with Crippen molar-refractivity contribution in [2.45, 2.75) is 25.6 Å². The Hall–Kier alpha value is -2.28. The van der Waals surface area contributed by atoms with Crippen molar-refractivity contribution < 1.29 is 13.9 Å². The minimum absolute atomic E-state index is 0.0637. The number of Topliss-reactive ketones (excluding diaryl/α,β-unsaturated/α-hetero) is 1. The van der Waals surface area contributed by atoms with E-state index in [0.717, 1.165) is 13.0 Å². The number of hydrogen-bond acceptors (Lipinski definition) is 6. The van der Waals surface area contributed by atoms with Crippen molar-refractivity contribution in [1.82, 2.24) is 10.3 Å². The molecule has 2 atom stereocenters. The molecule has 3 heterocycles. The quantitative estimate of drug-likeness (QED) is 0.663. The molecule has 1 aromatic carbocycles. The second-order valence-corrected chi connectivity index (χ2v) is 7.17. The van der Waals surface area contributed by atoms with Crippen molar-refractivity contribution in [3.8, 4) is 11.5 Å². The molecule has 1 fully saturated rings. The van der Waals surface area contributed by atoms with Crippen LogP contribution in [0.25, 0.3) is 11.5 Å². The summed E-state index contributed by atoms with van der Waals surface area (Å²) in [6.07, 6.45) is 2.89. The minimum atomic E-state index is -0.113. The molecule has 1 aliphatic heterocycles. The molecule has 1 N–H and O–H groups in total. The SMILES string of the molecule is O=C(c1scnc1-c1ccco1)C1CCOC(NCc2ccccc2)C1. The summed E-state index contributed by atoms with van der Waals surface area (Å²) in [5, 5.41) is 3.41. The van der Waals surface area contributed by atoms with Gasteiger partial charge >= 0.3 is 0 Å². The molecule has 0 bridgehead atoms. The summed E-state index contributed by atoms with van der Waals surface area (Å²) in [4.78, 5) is 18.0. The molecular weight excluding hydrogens is 348 g/mol. The normalized spacial score (nSPS) is 20.2. The smallest absolute Gasteiger partial charge is 0.178 e. The van der Waals surface area contributed by atoms with Gasteiger partial charge in [-0.3, -0.25) is 10.1 Å². The zero-order valence-electron chi connectivity index (χ0n) is 14.3. The summed E-state index contributed by atoms with van der Waals surface area (Å²) in [5.74, 6) is 0.709. The van der Waals surface area contributed by atoms with E-state index in [-0.39, 0.29) is 17.9 Å². The lowest BCUT2D eigenvalue weighted by Gasteiger charge is -2.29. The van der Waals surface area contributed by atoms with Crippen molar-refractivity contribution in [3.05, 3.63) is 64.7 Å². The van der Waals surface area contributed by atoms with Gasteiger partial charge in [0.25, 0.3) is 0 Å². The lowest BCUT2D eigenvalue weighted by Crippen LogP contribution is -2.39. The van der Waals surface area contributed by atoms with Crippen LogP contribution in [-0.4, -0.2) is 23.6 Å². The van der Waals surface area contributed by atoms with Crippen LogP contribution in [0, 0.1) is 5.92 Å². The summed E-state index contributed by atoms with van der Waals surface area (Å²) in [5.41, 5.74) is 3.55. The number of carbonyl (C=O) groups is 1. The molecule has 0 saturated carbocycles. The van der Waals surface area contributed by atoms with Crippen LogP contribution in [-0.2, 0) is 11.3 Å². The molecule has 0 aliphatic carbocycles. The molecule has 6 heteroatoms. The number of carbonyl (C=O) groups excluding carboxylic acids is 1. The maximum atomic E-state index is 13.0. The van der Waals surface area contributed by atoms with Gasteiger partial charge in [-0.2, -0.15) is 0 Å². The van der Waals surface area contributed by atoms with E-state index in [9.17, 15) is 4.79 Å². The lowest BCUT2D eigenvalue weighted by atomic mass is 9.92. The number of thiazole rings is 1. The standard InChI is InChI=1S/C20H20N2O3S/c23-19(20-18(22-13-26-20)16-7-4-9-24-16)15-8-10-25-17(11-15)21-12-14-5-2-1-3-6-14/h1-7,9,13,15,17,21H,8,10-12H2. The highest BCUT2D eigenvalue weighted by Crippen LogP contribution is 2.31. The Morgan fingerprint density at radius 2 is 2.12 bits per heavy atom. The molecule has 0 amide bonds. The molecule has 1 aliphatic rings. The molecule has 26 heavy (non-hydrogen) atoms.